The van der Waals surface area contributed by atoms with Crippen LogP contribution in [-0.4, -0.2) is 79.9 Å². The molecule has 3 rings (SSSR count). The normalized spacial score (nSPS) is 21.0. The lowest BCUT2D eigenvalue weighted by Gasteiger charge is -2.41. The summed E-state index contributed by atoms with van der Waals surface area (Å²) in [5.41, 5.74) is -0.842. The molecule has 1 fully saturated rings. The second kappa shape index (κ2) is 8.09. The molecule has 2 amide bonds. The number of halogens is 1. The predicted octanol–water partition coefficient (Wildman–Crippen LogP) is -0.321. The third kappa shape index (κ3) is 4.23. The fourth-order valence-electron chi connectivity index (χ4n) is 3.31. The molecule has 0 aliphatic carbocycles. The van der Waals surface area contributed by atoms with E-state index in [1.54, 1.807) is 13.8 Å². The molecular weight excluding hydrogens is 431 g/mol. The standard InChI is InChI=1S/C19H23FN4O6S/c1-19(2)18-22-14(15(25)17(27)24(18)7-8-30-19)16(26)21-10-11-5-6-12(20)9-13(11)31(28,29)23(3)4/h5-6,9,14H,7-8,10H2,1-4H3,(H,21,26). The lowest BCUT2D eigenvalue weighted by atomic mass is 9.99. The summed E-state index contributed by atoms with van der Waals surface area (Å²) in [5.74, 6) is -3.28. The molecule has 168 valence electrons. The van der Waals surface area contributed by atoms with E-state index in [0.717, 1.165) is 16.4 Å². The zero-order valence-corrected chi connectivity index (χ0v) is 18.3. The van der Waals surface area contributed by atoms with E-state index in [-0.39, 0.29) is 36.0 Å². The first kappa shape index (κ1) is 23.0. The summed E-state index contributed by atoms with van der Waals surface area (Å²) in [4.78, 5) is 42.7. The molecule has 10 nitrogen and oxygen atoms in total. The van der Waals surface area contributed by atoms with Gasteiger partial charge in [0.15, 0.2) is 6.04 Å². The number of nitrogens with one attached hydrogen (secondary N) is 1. The fraction of sp³-hybridized carbons (Fsp3) is 0.474. The van der Waals surface area contributed by atoms with E-state index in [9.17, 15) is 27.2 Å². The first-order valence-electron chi connectivity index (χ1n) is 9.43. The maximum Gasteiger partial charge on any atom is 0.298 e. The maximum absolute atomic E-state index is 13.7. The number of carbonyl (C=O) groups is 3. The van der Waals surface area contributed by atoms with Crippen molar-refractivity contribution in [3.05, 3.63) is 29.6 Å². The summed E-state index contributed by atoms with van der Waals surface area (Å²) in [6.07, 6.45) is 0. The van der Waals surface area contributed by atoms with Gasteiger partial charge < -0.3 is 10.1 Å². The molecule has 12 heteroatoms. The summed E-state index contributed by atoms with van der Waals surface area (Å²) in [7, 11) is -1.39. The number of benzene rings is 1. The number of hydrogen-bond acceptors (Lipinski definition) is 7. The van der Waals surface area contributed by atoms with Crippen molar-refractivity contribution in [1.29, 1.82) is 0 Å². The minimum absolute atomic E-state index is 0.119. The molecule has 0 saturated carbocycles. The molecule has 2 aliphatic heterocycles. The monoisotopic (exact) mass is 454 g/mol. The van der Waals surface area contributed by atoms with Crippen LogP contribution in [0.15, 0.2) is 28.1 Å². The molecule has 0 bridgehead atoms. The Morgan fingerprint density at radius 2 is 2.03 bits per heavy atom. The molecule has 1 atom stereocenters. The fourth-order valence-corrected chi connectivity index (χ4v) is 4.44. The molecule has 1 N–H and O–H groups in total. The quantitative estimate of drug-likeness (QED) is 0.480. The van der Waals surface area contributed by atoms with Gasteiger partial charge in [-0.25, -0.2) is 22.1 Å². The first-order chi connectivity index (χ1) is 14.4. The highest BCUT2D eigenvalue weighted by Crippen LogP contribution is 2.25. The Bertz CT molecular complexity index is 1080. The number of morpholine rings is 1. The summed E-state index contributed by atoms with van der Waals surface area (Å²) in [6.45, 7) is 3.42. The number of ketones is 1. The van der Waals surface area contributed by atoms with Crippen LogP contribution >= 0.6 is 0 Å². The molecule has 0 radical (unpaired) electrons. The van der Waals surface area contributed by atoms with Gasteiger partial charge in [0.25, 0.3) is 17.6 Å². The van der Waals surface area contributed by atoms with Crippen molar-refractivity contribution in [2.24, 2.45) is 4.99 Å². The van der Waals surface area contributed by atoms with E-state index >= 15 is 0 Å². The number of hydrogen-bond donors (Lipinski definition) is 1. The van der Waals surface area contributed by atoms with Gasteiger partial charge >= 0.3 is 0 Å². The Kier molecular flexibility index (Phi) is 6.00. The van der Waals surface area contributed by atoms with Gasteiger partial charge in [0.05, 0.1) is 18.0 Å². The number of carbonyl (C=O) groups excluding carboxylic acids is 3. The van der Waals surface area contributed by atoms with E-state index in [4.69, 9.17) is 4.74 Å². The van der Waals surface area contributed by atoms with Crippen molar-refractivity contribution in [2.75, 3.05) is 27.2 Å². The lowest BCUT2D eigenvalue weighted by Crippen LogP contribution is -2.62. The van der Waals surface area contributed by atoms with Crippen molar-refractivity contribution in [2.45, 2.75) is 36.9 Å². The van der Waals surface area contributed by atoms with Gasteiger partial charge in [-0.2, -0.15) is 0 Å². The van der Waals surface area contributed by atoms with E-state index in [0.29, 0.717) is 0 Å². The highest BCUT2D eigenvalue weighted by molar-refractivity contribution is 7.89. The van der Waals surface area contributed by atoms with Crippen LogP contribution in [0.25, 0.3) is 0 Å². The smallest absolute Gasteiger partial charge is 0.298 e. The Balaban J connectivity index is 1.86. The number of amidine groups is 1. The minimum atomic E-state index is -3.98. The van der Waals surface area contributed by atoms with Crippen molar-refractivity contribution < 1.29 is 31.9 Å². The second-order valence-electron chi connectivity index (χ2n) is 7.79. The van der Waals surface area contributed by atoms with Gasteiger partial charge in [-0.1, -0.05) is 6.07 Å². The van der Waals surface area contributed by atoms with E-state index < -0.39 is 45.1 Å². The number of rotatable bonds is 5. The SMILES string of the molecule is CN(C)S(=O)(=O)c1cc(F)ccc1CNC(=O)C1N=C2N(CCOC2(C)C)C(=O)C1=O. The van der Waals surface area contributed by atoms with Crippen molar-refractivity contribution in [3.8, 4) is 0 Å². The lowest BCUT2D eigenvalue weighted by molar-refractivity contribution is -0.148. The number of sulfonamides is 1. The summed E-state index contributed by atoms with van der Waals surface area (Å²) < 4.78 is 45.1. The molecule has 1 aromatic rings. The number of ether oxygens (including phenoxy) is 1. The van der Waals surface area contributed by atoms with Crippen molar-refractivity contribution in [3.63, 3.8) is 0 Å². The average Bonchev–Trinajstić information content (AvgIpc) is 2.69. The van der Waals surface area contributed by atoms with Crippen LogP contribution in [0.3, 0.4) is 0 Å². The Morgan fingerprint density at radius 3 is 2.68 bits per heavy atom. The predicted molar refractivity (Wildman–Crippen MR) is 107 cm³/mol. The summed E-state index contributed by atoms with van der Waals surface area (Å²) in [6, 6.07) is 1.53. The molecule has 1 aromatic carbocycles. The Morgan fingerprint density at radius 1 is 1.35 bits per heavy atom. The Hall–Kier alpha value is -2.70. The third-order valence-electron chi connectivity index (χ3n) is 5.02. The number of nitrogens with zero attached hydrogens (tertiary/aromatic N) is 3. The van der Waals surface area contributed by atoms with Gasteiger partial charge in [-0.15, -0.1) is 0 Å². The van der Waals surface area contributed by atoms with E-state index in [1.807, 2.05) is 0 Å². The summed E-state index contributed by atoms with van der Waals surface area (Å²) in [5, 5.41) is 2.43. The van der Waals surface area contributed by atoms with Crippen LogP contribution in [0.5, 0.6) is 0 Å². The van der Waals surface area contributed by atoms with Gasteiger partial charge in [0, 0.05) is 20.6 Å². The highest BCUT2D eigenvalue weighted by Gasteiger charge is 2.47. The molecule has 0 aromatic heterocycles. The molecule has 31 heavy (non-hydrogen) atoms. The maximum atomic E-state index is 13.7. The largest absolute Gasteiger partial charge is 0.366 e. The zero-order valence-electron chi connectivity index (χ0n) is 17.5. The number of amides is 2. The number of Topliss-reactive ketones (excluding diaryl/α,β-unsaturated/α-hetero) is 1. The molecule has 1 unspecified atom stereocenters. The van der Waals surface area contributed by atoms with Gasteiger partial charge in [0.2, 0.25) is 10.0 Å². The van der Waals surface area contributed by atoms with E-state index in [2.05, 4.69) is 10.3 Å². The van der Waals surface area contributed by atoms with Crippen LogP contribution in [0.2, 0.25) is 0 Å². The van der Waals surface area contributed by atoms with Crippen LogP contribution < -0.4 is 5.32 Å². The number of fused-ring (bicyclic) bond motifs is 1. The Labute approximate surface area is 179 Å². The van der Waals surface area contributed by atoms with Gasteiger partial charge in [0.1, 0.15) is 17.3 Å². The van der Waals surface area contributed by atoms with Crippen LogP contribution in [0.4, 0.5) is 4.39 Å². The van der Waals surface area contributed by atoms with Crippen LogP contribution in [-0.2, 0) is 35.7 Å². The second-order valence-corrected chi connectivity index (χ2v) is 9.91. The summed E-state index contributed by atoms with van der Waals surface area (Å²) >= 11 is 0. The third-order valence-corrected chi connectivity index (χ3v) is 6.91. The van der Waals surface area contributed by atoms with Gasteiger partial charge in [-0.3, -0.25) is 19.3 Å². The molecule has 0 spiro atoms. The molecule has 1 saturated heterocycles. The highest BCUT2D eigenvalue weighted by atomic mass is 32.2. The molecule has 2 heterocycles. The first-order valence-corrected chi connectivity index (χ1v) is 10.9. The molecule has 2 aliphatic rings. The zero-order chi connectivity index (χ0) is 23.1. The van der Waals surface area contributed by atoms with E-state index in [1.165, 1.54) is 25.1 Å². The topological polar surface area (TPSA) is 125 Å². The minimum Gasteiger partial charge on any atom is -0.366 e. The van der Waals surface area contributed by atoms with Crippen molar-refractivity contribution in [1.82, 2.24) is 14.5 Å². The molecular formula is C19H23FN4O6S. The van der Waals surface area contributed by atoms with Crippen LogP contribution in [0, 0.1) is 5.82 Å². The number of aliphatic imine (C=N–C) groups is 1. The van der Waals surface area contributed by atoms with Crippen LogP contribution in [0.1, 0.15) is 19.4 Å². The van der Waals surface area contributed by atoms with Gasteiger partial charge in [-0.05, 0) is 31.5 Å². The van der Waals surface area contributed by atoms with Crippen molar-refractivity contribution >= 4 is 33.5 Å². The average molecular weight is 454 g/mol.